The summed E-state index contributed by atoms with van der Waals surface area (Å²) in [6.45, 7) is 5.17. The van der Waals surface area contributed by atoms with Crippen molar-refractivity contribution in [3.63, 3.8) is 0 Å². The summed E-state index contributed by atoms with van der Waals surface area (Å²) >= 11 is 0. The molecule has 0 heterocycles. The van der Waals surface area contributed by atoms with Gasteiger partial charge in [0.2, 0.25) is 0 Å². The molecule has 0 saturated heterocycles. The van der Waals surface area contributed by atoms with E-state index in [0.29, 0.717) is 6.54 Å². The van der Waals surface area contributed by atoms with E-state index in [2.05, 4.69) is 13.8 Å². The zero-order chi connectivity index (χ0) is 7.12. The maximum Gasteiger partial charge on any atom is 0.0504 e. The van der Waals surface area contributed by atoms with Crippen LogP contribution in [0, 0.1) is 10.8 Å². The lowest BCUT2D eigenvalue weighted by Gasteiger charge is -2.13. The van der Waals surface area contributed by atoms with Gasteiger partial charge in [-0.2, -0.15) is 0 Å². The lowest BCUT2D eigenvalue weighted by molar-refractivity contribution is 0.186. The van der Waals surface area contributed by atoms with Crippen molar-refractivity contribution in [2.75, 3.05) is 13.2 Å². The molecule has 0 aromatic rings. The van der Waals surface area contributed by atoms with Gasteiger partial charge in [0.25, 0.3) is 0 Å². The molecule has 2 heteroatoms. The van der Waals surface area contributed by atoms with Gasteiger partial charge in [-0.1, -0.05) is 13.8 Å². The second-order valence-electron chi connectivity index (χ2n) is 3.70. The Morgan fingerprint density at radius 3 is 2.00 bits per heavy atom. The summed E-state index contributed by atoms with van der Waals surface area (Å²) in [4.78, 5) is 0. The molecule has 0 aromatic heterocycles. The van der Waals surface area contributed by atoms with Gasteiger partial charge < -0.3 is 10.8 Å². The molecule has 1 aliphatic rings. The summed E-state index contributed by atoms with van der Waals surface area (Å²) in [6.07, 6.45) is 1.08. The van der Waals surface area contributed by atoms with Crippen LogP contribution < -0.4 is 5.73 Å². The first kappa shape index (κ1) is 7.03. The summed E-state index contributed by atoms with van der Waals surface area (Å²) in [7, 11) is 0. The van der Waals surface area contributed by atoms with Crippen LogP contribution in [0.5, 0.6) is 0 Å². The molecule has 1 unspecified atom stereocenters. The number of aliphatic hydroxyl groups is 1. The minimum absolute atomic E-state index is 0.0625. The Morgan fingerprint density at radius 2 is 2.00 bits per heavy atom. The number of hydrogen-bond donors (Lipinski definition) is 2. The van der Waals surface area contributed by atoms with Crippen molar-refractivity contribution in [3.05, 3.63) is 0 Å². The van der Waals surface area contributed by atoms with Crippen LogP contribution in [0.2, 0.25) is 0 Å². The Kier molecular flexibility index (Phi) is 1.33. The van der Waals surface area contributed by atoms with Gasteiger partial charge >= 0.3 is 0 Å². The van der Waals surface area contributed by atoms with E-state index in [9.17, 15) is 0 Å². The van der Waals surface area contributed by atoms with Crippen molar-refractivity contribution in [2.24, 2.45) is 16.6 Å². The van der Waals surface area contributed by atoms with Crippen LogP contribution in [0.3, 0.4) is 0 Å². The number of nitrogens with two attached hydrogens (primary N) is 1. The summed E-state index contributed by atoms with van der Waals surface area (Å²) in [5.41, 5.74) is 5.85. The van der Waals surface area contributed by atoms with E-state index in [0.717, 1.165) is 6.42 Å². The highest BCUT2D eigenvalue weighted by Crippen LogP contribution is 2.62. The predicted octanol–water partition coefficient (Wildman–Crippen LogP) is 0.354. The largest absolute Gasteiger partial charge is 0.396 e. The smallest absolute Gasteiger partial charge is 0.0504 e. The molecule has 0 bridgehead atoms. The summed E-state index contributed by atoms with van der Waals surface area (Å²) < 4.78 is 0. The quantitative estimate of drug-likeness (QED) is 0.565. The molecule has 2 nitrogen and oxygen atoms in total. The minimum atomic E-state index is 0.0625. The highest BCUT2D eigenvalue weighted by molar-refractivity contribution is 5.09. The van der Waals surface area contributed by atoms with Crippen molar-refractivity contribution in [1.82, 2.24) is 0 Å². The fourth-order valence-electron chi connectivity index (χ4n) is 1.48. The third kappa shape index (κ3) is 0.775. The SMILES string of the molecule is CC1(C)CC1(CN)CO. The first-order chi connectivity index (χ1) is 4.08. The van der Waals surface area contributed by atoms with E-state index in [1.165, 1.54) is 0 Å². The Labute approximate surface area is 56.1 Å². The Morgan fingerprint density at radius 1 is 1.56 bits per heavy atom. The van der Waals surface area contributed by atoms with Crippen molar-refractivity contribution >= 4 is 0 Å². The molecule has 0 spiro atoms. The van der Waals surface area contributed by atoms with Gasteiger partial charge in [-0.25, -0.2) is 0 Å². The third-order valence-corrected chi connectivity index (χ3v) is 2.78. The molecule has 0 aliphatic heterocycles. The summed E-state index contributed by atoms with van der Waals surface area (Å²) in [5, 5.41) is 8.91. The first-order valence-corrected chi connectivity index (χ1v) is 3.39. The van der Waals surface area contributed by atoms with Crippen LogP contribution in [-0.2, 0) is 0 Å². The van der Waals surface area contributed by atoms with Crippen LogP contribution >= 0.6 is 0 Å². The predicted molar refractivity (Wildman–Crippen MR) is 37.0 cm³/mol. The van der Waals surface area contributed by atoms with Crippen LogP contribution in [0.25, 0.3) is 0 Å². The van der Waals surface area contributed by atoms with Crippen LogP contribution in [0.15, 0.2) is 0 Å². The van der Waals surface area contributed by atoms with Crippen molar-refractivity contribution < 1.29 is 5.11 Å². The minimum Gasteiger partial charge on any atom is -0.396 e. The second-order valence-corrected chi connectivity index (χ2v) is 3.70. The average Bonchev–Trinajstić information content (AvgIpc) is 2.35. The van der Waals surface area contributed by atoms with Crippen LogP contribution in [-0.4, -0.2) is 18.3 Å². The van der Waals surface area contributed by atoms with E-state index in [1.54, 1.807) is 0 Å². The first-order valence-electron chi connectivity index (χ1n) is 3.39. The molecule has 1 atom stereocenters. The number of rotatable bonds is 2. The number of hydrogen-bond acceptors (Lipinski definition) is 2. The van der Waals surface area contributed by atoms with Gasteiger partial charge in [0, 0.05) is 12.0 Å². The Balaban J connectivity index is 2.57. The molecule has 9 heavy (non-hydrogen) atoms. The van der Waals surface area contributed by atoms with E-state index in [4.69, 9.17) is 10.8 Å². The second kappa shape index (κ2) is 1.70. The number of aliphatic hydroxyl groups excluding tert-OH is 1. The maximum absolute atomic E-state index is 8.91. The zero-order valence-corrected chi connectivity index (χ0v) is 6.15. The molecule has 54 valence electrons. The summed E-state index contributed by atoms with van der Waals surface area (Å²) in [6, 6.07) is 0. The third-order valence-electron chi connectivity index (χ3n) is 2.78. The van der Waals surface area contributed by atoms with Gasteiger partial charge in [0.1, 0.15) is 0 Å². The summed E-state index contributed by atoms with van der Waals surface area (Å²) in [5.74, 6) is 0. The molecular weight excluding hydrogens is 114 g/mol. The van der Waals surface area contributed by atoms with Gasteiger partial charge in [-0.15, -0.1) is 0 Å². The van der Waals surface area contributed by atoms with Crippen LogP contribution in [0.1, 0.15) is 20.3 Å². The molecule has 1 rings (SSSR count). The molecule has 0 aromatic carbocycles. The van der Waals surface area contributed by atoms with Gasteiger partial charge in [-0.3, -0.25) is 0 Å². The van der Waals surface area contributed by atoms with Gasteiger partial charge in [-0.05, 0) is 11.8 Å². The maximum atomic E-state index is 8.91. The molecule has 3 N–H and O–H groups in total. The normalized spacial score (nSPS) is 38.7. The fraction of sp³-hybridized carbons (Fsp3) is 1.00. The van der Waals surface area contributed by atoms with Crippen LogP contribution in [0.4, 0.5) is 0 Å². The fourth-order valence-corrected chi connectivity index (χ4v) is 1.48. The van der Waals surface area contributed by atoms with Crippen molar-refractivity contribution in [2.45, 2.75) is 20.3 Å². The standard InChI is InChI=1S/C7H15NO/c1-6(2)3-7(6,4-8)5-9/h9H,3-5,8H2,1-2H3. The lowest BCUT2D eigenvalue weighted by Crippen LogP contribution is -2.24. The Bertz CT molecular complexity index is 116. The Hall–Kier alpha value is -0.0800. The lowest BCUT2D eigenvalue weighted by atomic mass is 9.97. The van der Waals surface area contributed by atoms with E-state index in [1.807, 2.05) is 0 Å². The monoisotopic (exact) mass is 129 g/mol. The van der Waals surface area contributed by atoms with Gasteiger partial charge in [0.15, 0.2) is 0 Å². The van der Waals surface area contributed by atoms with Gasteiger partial charge in [0.05, 0.1) is 6.61 Å². The highest BCUT2D eigenvalue weighted by atomic mass is 16.3. The van der Waals surface area contributed by atoms with E-state index < -0.39 is 0 Å². The molecular formula is C7H15NO. The van der Waals surface area contributed by atoms with Crippen molar-refractivity contribution in [3.8, 4) is 0 Å². The molecule has 1 saturated carbocycles. The van der Waals surface area contributed by atoms with E-state index in [-0.39, 0.29) is 17.4 Å². The topological polar surface area (TPSA) is 46.2 Å². The molecule has 1 fully saturated rings. The molecule has 1 aliphatic carbocycles. The zero-order valence-electron chi connectivity index (χ0n) is 6.15. The average molecular weight is 129 g/mol. The highest BCUT2D eigenvalue weighted by Gasteiger charge is 2.59. The van der Waals surface area contributed by atoms with Crippen molar-refractivity contribution in [1.29, 1.82) is 0 Å². The molecule has 0 amide bonds. The van der Waals surface area contributed by atoms with E-state index >= 15 is 0 Å². The molecule has 0 radical (unpaired) electrons.